The summed E-state index contributed by atoms with van der Waals surface area (Å²) in [6.45, 7) is 2.07. The van der Waals surface area contributed by atoms with E-state index in [9.17, 15) is 0 Å². The Morgan fingerprint density at radius 1 is 1.47 bits per heavy atom. The molecular weight excluding hydrogens is 272 g/mol. The van der Waals surface area contributed by atoms with Crippen LogP contribution in [-0.4, -0.2) is 22.5 Å². The number of aryl methyl sites for hydroxylation is 1. The molecule has 0 atom stereocenters. The molecule has 0 saturated carbocycles. The van der Waals surface area contributed by atoms with Gasteiger partial charge in [0.2, 0.25) is 0 Å². The number of nitrogens with zero attached hydrogens (tertiary/aromatic N) is 1. The second kappa shape index (κ2) is 5.21. The van der Waals surface area contributed by atoms with Gasteiger partial charge in [0.25, 0.3) is 0 Å². The smallest absolute Gasteiger partial charge is 0.109 e. The number of nitrogens with one attached hydrogen (secondary N) is 1. The molecule has 0 unspecified atom stereocenters. The summed E-state index contributed by atoms with van der Waals surface area (Å²) in [6, 6.07) is 2.78. The molecule has 2 heterocycles. The average Bonchev–Trinajstić information content (AvgIpc) is 2.25. The minimum atomic E-state index is 0.633. The van der Waals surface area contributed by atoms with E-state index in [-0.39, 0.29) is 0 Å². The van der Waals surface area contributed by atoms with Gasteiger partial charge < -0.3 is 5.32 Å². The Bertz CT molecular complexity index is 337. The van der Waals surface area contributed by atoms with Gasteiger partial charge in [-0.25, -0.2) is 4.98 Å². The van der Waals surface area contributed by atoms with Crippen molar-refractivity contribution in [3.63, 3.8) is 0 Å². The summed E-state index contributed by atoms with van der Waals surface area (Å²) in [6.07, 6.45) is 4.43. The van der Waals surface area contributed by atoms with E-state index < -0.39 is 0 Å². The zero-order valence-corrected chi connectivity index (χ0v) is 11.2. The first kappa shape index (κ1) is 11.3. The third kappa shape index (κ3) is 3.11. The Labute approximate surface area is 103 Å². The van der Waals surface area contributed by atoms with Crippen molar-refractivity contribution in [2.24, 2.45) is 0 Å². The molecule has 1 fully saturated rings. The third-order valence-corrected chi connectivity index (χ3v) is 4.49. The molecule has 4 heteroatoms. The minimum Gasteiger partial charge on any atom is -0.381 e. The van der Waals surface area contributed by atoms with Crippen molar-refractivity contribution in [2.75, 3.05) is 16.8 Å². The Morgan fingerprint density at radius 2 is 2.20 bits per heavy atom. The van der Waals surface area contributed by atoms with Crippen LogP contribution in [0.1, 0.15) is 18.4 Å². The van der Waals surface area contributed by atoms with Gasteiger partial charge in [0.1, 0.15) is 4.60 Å². The van der Waals surface area contributed by atoms with Gasteiger partial charge in [0.15, 0.2) is 0 Å². The van der Waals surface area contributed by atoms with Gasteiger partial charge >= 0.3 is 0 Å². The fourth-order valence-electron chi connectivity index (χ4n) is 1.71. The molecule has 2 nitrogen and oxygen atoms in total. The molecule has 15 heavy (non-hydrogen) atoms. The summed E-state index contributed by atoms with van der Waals surface area (Å²) in [5.41, 5.74) is 2.33. The number of thioether (sulfide) groups is 1. The van der Waals surface area contributed by atoms with E-state index in [0.29, 0.717) is 6.04 Å². The Kier molecular flexibility index (Phi) is 3.92. The van der Waals surface area contributed by atoms with Gasteiger partial charge in [-0.3, -0.25) is 0 Å². The summed E-state index contributed by atoms with van der Waals surface area (Å²) in [5, 5.41) is 3.55. The van der Waals surface area contributed by atoms with Gasteiger partial charge in [-0.2, -0.15) is 11.8 Å². The maximum Gasteiger partial charge on any atom is 0.109 e. The van der Waals surface area contributed by atoms with E-state index in [0.717, 1.165) is 10.3 Å². The molecule has 0 radical (unpaired) electrons. The molecule has 0 amide bonds. The van der Waals surface area contributed by atoms with Gasteiger partial charge in [-0.1, -0.05) is 0 Å². The number of rotatable bonds is 2. The molecule has 0 bridgehead atoms. The molecular formula is C11H15BrN2S. The maximum atomic E-state index is 4.29. The fourth-order valence-corrected chi connectivity index (χ4v) is 3.04. The average molecular weight is 287 g/mol. The van der Waals surface area contributed by atoms with E-state index >= 15 is 0 Å². The molecule has 82 valence electrons. The van der Waals surface area contributed by atoms with E-state index in [1.165, 1.54) is 29.9 Å². The Balaban J connectivity index is 2.00. The van der Waals surface area contributed by atoms with E-state index in [2.05, 4.69) is 51.0 Å². The Morgan fingerprint density at radius 3 is 2.87 bits per heavy atom. The van der Waals surface area contributed by atoms with Crippen LogP contribution in [-0.2, 0) is 0 Å². The van der Waals surface area contributed by atoms with Crippen LogP contribution in [0.5, 0.6) is 0 Å². The zero-order valence-electron chi connectivity index (χ0n) is 8.79. The van der Waals surface area contributed by atoms with Crippen LogP contribution >= 0.6 is 27.7 Å². The van der Waals surface area contributed by atoms with Gasteiger partial charge in [-0.05, 0) is 58.8 Å². The van der Waals surface area contributed by atoms with Crippen molar-refractivity contribution < 1.29 is 0 Å². The lowest BCUT2D eigenvalue weighted by Crippen LogP contribution is -2.24. The highest BCUT2D eigenvalue weighted by Gasteiger charge is 2.13. The van der Waals surface area contributed by atoms with Gasteiger partial charge in [0.05, 0.1) is 11.9 Å². The standard InChI is InChI=1S/C11H15BrN2S/c1-8-6-10(7-13-11(8)12)14-9-2-4-15-5-3-9/h6-7,9,14H,2-5H2,1H3. The molecule has 1 aromatic rings. The predicted molar refractivity (Wildman–Crippen MR) is 70.6 cm³/mol. The summed E-state index contributed by atoms with van der Waals surface area (Å²) in [7, 11) is 0. The summed E-state index contributed by atoms with van der Waals surface area (Å²) in [4.78, 5) is 4.29. The number of hydrogen-bond acceptors (Lipinski definition) is 3. The van der Waals surface area contributed by atoms with Crippen LogP contribution in [0.15, 0.2) is 16.9 Å². The molecule has 0 spiro atoms. The van der Waals surface area contributed by atoms with Gasteiger partial charge in [-0.15, -0.1) is 0 Å². The molecule has 1 saturated heterocycles. The molecule has 1 aliphatic heterocycles. The molecule has 0 aliphatic carbocycles. The normalized spacial score (nSPS) is 17.7. The number of pyridine rings is 1. The lowest BCUT2D eigenvalue weighted by Gasteiger charge is -2.23. The monoisotopic (exact) mass is 286 g/mol. The first-order valence-electron chi connectivity index (χ1n) is 5.22. The largest absolute Gasteiger partial charge is 0.381 e. The lowest BCUT2D eigenvalue weighted by atomic mass is 10.1. The second-order valence-electron chi connectivity index (χ2n) is 3.86. The zero-order chi connectivity index (χ0) is 10.7. The first-order valence-corrected chi connectivity index (χ1v) is 7.17. The first-order chi connectivity index (χ1) is 7.25. The van der Waals surface area contributed by atoms with Crippen LogP contribution in [0.25, 0.3) is 0 Å². The van der Waals surface area contributed by atoms with E-state index in [1.807, 2.05) is 6.20 Å². The Hall–Kier alpha value is -0.220. The van der Waals surface area contributed by atoms with Crippen LogP contribution in [0.4, 0.5) is 5.69 Å². The van der Waals surface area contributed by atoms with E-state index in [4.69, 9.17) is 0 Å². The van der Waals surface area contributed by atoms with Crippen molar-refractivity contribution in [3.8, 4) is 0 Å². The number of hydrogen-bond donors (Lipinski definition) is 1. The summed E-state index contributed by atoms with van der Waals surface area (Å²) in [5.74, 6) is 2.56. The van der Waals surface area contributed by atoms with Crippen molar-refractivity contribution in [3.05, 3.63) is 22.4 Å². The minimum absolute atomic E-state index is 0.633. The second-order valence-corrected chi connectivity index (χ2v) is 5.84. The number of halogens is 1. The summed E-state index contributed by atoms with van der Waals surface area (Å²) >= 11 is 5.46. The van der Waals surface area contributed by atoms with Crippen LogP contribution < -0.4 is 5.32 Å². The van der Waals surface area contributed by atoms with Crippen LogP contribution in [0.3, 0.4) is 0 Å². The van der Waals surface area contributed by atoms with Crippen LogP contribution in [0.2, 0.25) is 0 Å². The van der Waals surface area contributed by atoms with Crippen molar-refractivity contribution in [1.82, 2.24) is 4.98 Å². The molecule has 2 rings (SSSR count). The van der Waals surface area contributed by atoms with Crippen molar-refractivity contribution in [2.45, 2.75) is 25.8 Å². The highest BCUT2D eigenvalue weighted by molar-refractivity contribution is 9.10. The molecule has 1 N–H and O–H groups in total. The van der Waals surface area contributed by atoms with Gasteiger partial charge in [0, 0.05) is 6.04 Å². The maximum absolute atomic E-state index is 4.29. The third-order valence-electron chi connectivity index (χ3n) is 2.61. The SMILES string of the molecule is Cc1cc(NC2CCSCC2)cnc1Br. The van der Waals surface area contributed by atoms with Crippen LogP contribution in [0, 0.1) is 6.92 Å². The lowest BCUT2D eigenvalue weighted by molar-refractivity contribution is 0.666. The quantitative estimate of drug-likeness (QED) is 0.843. The topological polar surface area (TPSA) is 24.9 Å². The van der Waals surface area contributed by atoms with E-state index in [1.54, 1.807) is 0 Å². The molecule has 0 aromatic carbocycles. The fraction of sp³-hybridized carbons (Fsp3) is 0.545. The van der Waals surface area contributed by atoms with Crippen molar-refractivity contribution >= 4 is 33.4 Å². The number of aromatic nitrogens is 1. The molecule has 1 aromatic heterocycles. The highest BCUT2D eigenvalue weighted by atomic mass is 79.9. The predicted octanol–water partition coefficient (Wildman–Crippen LogP) is 3.46. The summed E-state index contributed by atoms with van der Waals surface area (Å²) < 4.78 is 0.937. The van der Waals surface area contributed by atoms with Crippen molar-refractivity contribution in [1.29, 1.82) is 0 Å². The highest BCUT2D eigenvalue weighted by Crippen LogP contribution is 2.22. The molecule has 1 aliphatic rings. The number of anilines is 1.